The van der Waals surface area contributed by atoms with Crippen LogP contribution in [0.15, 0.2) is 30.5 Å². The third kappa shape index (κ3) is 2.56. The van der Waals surface area contributed by atoms with Gasteiger partial charge < -0.3 is 5.32 Å². The Balaban J connectivity index is 1.98. The van der Waals surface area contributed by atoms with Crippen molar-refractivity contribution in [2.45, 2.75) is 33.7 Å². The fourth-order valence-electron chi connectivity index (χ4n) is 2.87. The molecule has 0 bridgehead atoms. The minimum absolute atomic E-state index is 0.783. The van der Waals surface area contributed by atoms with Gasteiger partial charge in [-0.25, -0.2) is 0 Å². The second-order valence-electron chi connectivity index (χ2n) is 5.70. The van der Waals surface area contributed by atoms with Gasteiger partial charge in [-0.3, -0.25) is 9.67 Å². The molecule has 0 spiro atoms. The zero-order valence-electron chi connectivity index (χ0n) is 13.6. The number of hydrogen-bond donors (Lipinski definition) is 1. The lowest BCUT2D eigenvalue weighted by Gasteiger charge is -2.14. The summed E-state index contributed by atoms with van der Waals surface area (Å²) in [5, 5.41) is 9.29. The predicted octanol–water partition coefficient (Wildman–Crippen LogP) is 3.76. The Morgan fingerprint density at radius 3 is 2.73 bits per heavy atom. The number of para-hydroxylation sites is 1. The fourth-order valence-corrected chi connectivity index (χ4v) is 2.87. The summed E-state index contributed by atoms with van der Waals surface area (Å²) in [6, 6.07) is 8.28. The molecule has 0 aliphatic carbocycles. The largest absolute Gasteiger partial charge is 0.380 e. The van der Waals surface area contributed by atoms with Crippen molar-refractivity contribution in [3.05, 3.63) is 53.0 Å². The van der Waals surface area contributed by atoms with Crippen molar-refractivity contribution in [3.8, 4) is 0 Å². The van der Waals surface area contributed by atoms with Crippen molar-refractivity contribution in [2.24, 2.45) is 7.05 Å². The molecule has 2 heterocycles. The summed E-state index contributed by atoms with van der Waals surface area (Å²) in [5.41, 5.74) is 6.90. The van der Waals surface area contributed by atoms with Gasteiger partial charge in [-0.2, -0.15) is 5.10 Å². The lowest BCUT2D eigenvalue weighted by Crippen LogP contribution is -2.05. The number of anilines is 1. The van der Waals surface area contributed by atoms with E-state index in [9.17, 15) is 0 Å². The topological polar surface area (TPSA) is 42.7 Å². The molecule has 0 atom stereocenters. The first-order chi connectivity index (χ1) is 10.6. The summed E-state index contributed by atoms with van der Waals surface area (Å²) in [5.74, 6) is 0. The molecule has 0 saturated carbocycles. The van der Waals surface area contributed by atoms with Crippen LogP contribution in [0.25, 0.3) is 10.9 Å². The highest BCUT2D eigenvalue weighted by molar-refractivity contribution is 5.93. The second-order valence-corrected chi connectivity index (χ2v) is 5.70. The molecular weight excluding hydrogens is 272 g/mol. The minimum atomic E-state index is 0.783. The number of aromatic nitrogens is 3. The van der Waals surface area contributed by atoms with Crippen LogP contribution in [-0.4, -0.2) is 14.8 Å². The van der Waals surface area contributed by atoms with Gasteiger partial charge in [0.1, 0.15) is 0 Å². The lowest BCUT2D eigenvalue weighted by atomic mass is 10.1. The van der Waals surface area contributed by atoms with Gasteiger partial charge in [0.2, 0.25) is 0 Å². The van der Waals surface area contributed by atoms with Crippen LogP contribution in [0.2, 0.25) is 0 Å². The molecule has 0 aliphatic heterocycles. The smallest absolute Gasteiger partial charge is 0.0726 e. The fraction of sp³-hybridized carbons (Fsp3) is 0.333. The molecule has 3 rings (SSSR count). The van der Waals surface area contributed by atoms with E-state index in [0.717, 1.165) is 29.9 Å². The van der Waals surface area contributed by atoms with Crippen LogP contribution in [-0.2, 0) is 20.0 Å². The third-order valence-electron chi connectivity index (χ3n) is 4.16. The first-order valence-electron chi connectivity index (χ1n) is 7.71. The summed E-state index contributed by atoms with van der Waals surface area (Å²) < 4.78 is 1.89. The molecular formula is C18H22N4. The van der Waals surface area contributed by atoms with Crippen LogP contribution in [0, 0.1) is 13.8 Å². The molecule has 4 nitrogen and oxygen atoms in total. The van der Waals surface area contributed by atoms with E-state index in [1.807, 2.05) is 17.8 Å². The maximum absolute atomic E-state index is 4.67. The third-order valence-corrected chi connectivity index (χ3v) is 4.16. The Morgan fingerprint density at radius 2 is 1.95 bits per heavy atom. The van der Waals surface area contributed by atoms with Crippen molar-refractivity contribution in [1.29, 1.82) is 0 Å². The van der Waals surface area contributed by atoms with Gasteiger partial charge in [-0.05, 0) is 31.9 Å². The van der Waals surface area contributed by atoms with Crippen molar-refractivity contribution in [1.82, 2.24) is 14.8 Å². The molecule has 4 heteroatoms. The molecule has 114 valence electrons. The predicted molar refractivity (Wildman–Crippen MR) is 91.1 cm³/mol. The number of pyridine rings is 1. The molecule has 3 aromatic rings. The highest BCUT2D eigenvalue weighted by Gasteiger charge is 2.11. The summed E-state index contributed by atoms with van der Waals surface area (Å²) in [4.78, 5) is 4.67. The first kappa shape index (κ1) is 14.6. The van der Waals surface area contributed by atoms with Crippen LogP contribution in [0.3, 0.4) is 0 Å². The molecule has 22 heavy (non-hydrogen) atoms. The summed E-state index contributed by atoms with van der Waals surface area (Å²) in [7, 11) is 1.97. The van der Waals surface area contributed by atoms with Crippen LogP contribution in [0.4, 0.5) is 5.69 Å². The summed E-state index contributed by atoms with van der Waals surface area (Å²) in [6.45, 7) is 7.12. The van der Waals surface area contributed by atoms with Gasteiger partial charge in [0.25, 0.3) is 0 Å². The van der Waals surface area contributed by atoms with Crippen LogP contribution in [0.5, 0.6) is 0 Å². The highest BCUT2D eigenvalue weighted by atomic mass is 15.3. The average molecular weight is 294 g/mol. The monoisotopic (exact) mass is 294 g/mol. The highest BCUT2D eigenvalue weighted by Crippen LogP contribution is 2.28. The summed E-state index contributed by atoms with van der Waals surface area (Å²) >= 11 is 0. The van der Waals surface area contributed by atoms with Gasteiger partial charge in [0, 0.05) is 42.1 Å². The van der Waals surface area contributed by atoms with E-state index >= 15 is 0 Å². The second kappa shape index (κ2) is 5.79. The Labute approximate surface area is 131 Å². The van der Waals surface area contributed by atoms with Crippen molar-refractivity contribution < 1.29 is 0 Å². The van der Waals surface area contributed by atoms with Gasteiger partial charge >= 0.3 is 0 Å². The van der Waals surface area contributed by atoms with E-state index in [-0.39, 0.29) is 0 Å². The van der Waals surface area contributed by atoms with Crippen LogP contribution >= 0.6 is 0 Å². The molecule has 1 N–H and O–H groups in total. The molecule has 0 unspecified atom stereocenters. The molecule has 0 saturated heterocycles. The zero-order valence-corrected chi connectivity index (χ0v) is 13.6. The van der Waals surface area contributed by atoms with Gasteiger partial charge in [0.05, 0.1) is 11.2 Å². The number of rotatable bonds is 4. The lowest BCUT2D eigenvalue weighted by molar-refractivity contribution is 0.746. The standard InChI is InChI=1S/C18H22N4/c1-5-16-14(11-22(4)21-16)10-19-18-12(2)13(3)20-17-9-7-6-8-15(17)18/h6-9,11H,5,10H2,1-4H3,(H,19,20). The Hall–Kier alpha value is -2.36. The van der Waals surface area contributed by atoms with E-state index < -0.39 is 0 Å². The quantitative estimate of drug-likeness (QED) is 0.796. The average Bonchev–Trinajstić information content (AvgIpc) is 2.88. The molecule has 0 aliphatic rings. The van der Waals surface area contributed by atoms with Crippen molar-refractivity contribution in [2.75, 3.05) is 5.32 Å². The van der Waals surface area contributed by atoms with Crippen LogP contribution < -0.4 is 5.32 Å². The maximum Gasteiger partial charge on any atom is 0.0726 e. The molecule has 1 aromatic carbocycles. The molecule has 0 radical (unpaired) electrons. The normalized spacial score (nSPS) is 11.1. The number of benzene rings is 1. The number of fused-ring (bicyclic) bond motifs is 1. The van der Waals surface area contributed by atoms with E-state index in [1.165, 1.54) is 22.2 Å². The van der Waals surface area contributed by atoms with Crippen molar-refractivity contribution in [3.63, 3.8) is 0 Å². The Morgan fingerprint density at radius 1 is 1.18 bits per heavy atom. The SMILES string of the molecule is CCc1nn(C)cc1CNc1c(C)c(C)nc2ccccc12. The van der Waals surface area contributed by atoms with Gasteiger partial charge in [0.15, 0.2) is 0 Å². The van der Waals surface area contributed by atoms with E-state index in [4.69, 9.17) is 0 Å². The van der Waals surface area contributed by atoms with Crippen molar-refractivity contribution >= 4 is 16.6 Å². The molecule has 0 fully saturated rings. The molecule has 0 amide bonds. The minimum Gasteiger partial charge on any atom is -0.380 e. The zero-order chi connectivity index (χ0) is 15.7. The number of hydrogen-bond acceptors (Lipinski definition) is 3. The number of nitrogens with zero attached hydrogens (tertiary/aromatic N) is 3. The Bertz CT molecular complexity index is 817. The maximum atomic E-state index is 4.67. The number of nitrogens with one attached hydrogen (secondary N) is 1. The molecule has 2 aromatic heterocycles. The van der Waals surface area contributed by atoms with E-state index in [2.05, 4.69) is 60.6 Å². The van der Waals surface area contributed by atoms with Gasteiger partial charge in [-0.15, -0.1) is 0 Å². The summed E-state index contributed by atoms with van der Waals surface area (Å²) in [6.07, 6.45) is 3.05. The van der Waals surface area contributed by atoms with E-state index in [1.54, 1.807) is 0 Å². The van der Waals surface area contributed by atoms with E-state index in [0.29, 0.717) is 0 Å². The first-order valence-corrected chi connectivity index (χ1v) is 7.71. The van der Waals surface area contributed by atoms with Gasteiger partial charge in [-0.1, -0.05) is 25.1 Å². The Kier molecular flexibility index (Phi) is 3.84. The van der Waals surface area contributed by atoms with Crippen LogP contribution in [0.1, 0.15) is 29.4 Å². The number of aryl methyl sites for hydroxylation is 3.